The summed E-state index contributed by atoms with van der Waals surface area (Å²) in [6.45, 7) is 4.17. The Morgan fingerprint density at radius 2 is 2.12 bits per heavy atom. The van der Waals surface area contributed by atoms with Gasteiger partial charge in [0.15, 0.2) is 0 Å². The van der Waals surface area contributed by atoms with Gasteiger partial charge in [0.25, 0.3) is 0 Å². The molecule has 2 rings (SSSR count). The molecule has 0 spiro atoms. The van der Waals surface area contributed by atoms with Crippen LogP contribution in [0.1, 0.15) is 31.9 Å². The molecule has 1 amide bonds. The molecular formula is C14H22N2O. The third kappa shape index (κ3) is 3.11. The lowest BCUT2D eigenvalue weighted by Crippen LogP contribution is -2.38. The fourth-order valence-electron chi connectivity index (χ4n) is 2.41. The molecule has 94 valence electrons. The lowest BCUT2D eigenvalue weighted by atomic mass is 9.99. The van der Waals surface area contributed by atoms with Crippen molar-refractivity contribution in [3.8, 4) is 0 Å². The van der Waals surface area contributed by atoms with E-state index in [0.717, 1.165) is 38.3 Å². The number of carbonyl (C=O) groups excluding carboxylic acids is 1. The van der Waals surface area contributed by atoms with Gasteiger partial charge in [-0.05, 0) is 37.3 Å². The molecule has 3 nitrogen and oxygen atoms in total. The predicted molar refractivity (Wildman–Crippen MR) is 68.7 cm³/mol. The molecule has 3 heteroatoms. The van der Waals surface area contributed by atoms with E-state index in [1.807, 2.05) is 24.2 Å². The Labute approximate surface area is 103 Å². The van der Waals surface area contributed by atoms with Gasteiger partial charge in [0.2, 0.25) is 5.91 Å². The van der Waals surface area contributed by atoms with Gasteiger partial charge in [-0.2, -0.15) is 0 Å². The van der Waals surface area contributed by atoms with Crippen LogP contribution in [0.25, 0.3) is 0 Å². The second-order valence-electron chi connectivity index (χ2n) is 5.17. The molecule has 1 aliphatic heterocycles. The van der Waals surface area contributed by atoms with Gasteiger partial charge in [0.05, 0.1) is 0 Å². The Bertz CT molecular complexity index is 375. The SMILES string of the molecule is CC1CCN(C(=O)CCc2cccn2C)CC1. The van der Waals surface area contributed by atoms with E-state index in [4.69, 9.17) is 0 Å². The van der Waals surface area contributed by atoms with Crippen molar-refractivity contribution in [2.75, 3.05) is 13.1 Å². The molecular weight excluding hydrogens is 212 g/mol. The first-order valence-corrected chi connectivity index (χ1v) is 6.55. The smallest absolute Gasteiger partial charge is 0.222 e. The summed E-state index contributed by atoms with van der Waals surface area (Å²) in [5.41, 5.74) is 1.24. The number of hydrogen-bond acceptors (Lipinski definition) is 1. The van der Waals surface area contributed by atoms with Crippen LogP contribution in [0.15, 0.2) is 18.3 Å². The lowest BCUT2D eigenvalue weighted by Gasteiger charge is -2.30. The number of aromatic nitrogens is 1. The van der Waals surface area contributed by atoms with Gasteiger partial charge in [-0.3, -0.25) is 4.79 Å². The molecule has 1 aromatic rings. The van der Waals surface area contributed by atoms with Gasteiger partial charge < -0.3 is 9.47 Å². The third-order valence-electron chi connectivity index (χ3n) is 3.78. The highest BCUT2D eigenvalue weighted by Crippen LogP contribution is 2.17. The van der Waals surface area contributed by atoms with E-state index >= 15 is 0 Å². The van der Waals surface area contributed by atoms with E-state index in [0.29, 0.717) is 12.3 Å². The van der Waals surface area contributed by atoms with Gasteiger partial charge in [0.1, 0.15) is 0 Å². The van der Waals surface area contributed by atoms with Crippen LogP contribution >= 0.6 is 0 Å². The number of aryl methyl sites for hydroxylation is 2. The van der Waals surface area contributed by atoms with Crippen molar-refractivity contribution in [1.82, 2.24) is 9.47 Å². The maximum absolute atomic E-state index is 12.0. The van der Waals surface area contributed by atoms with Crippen LogP contribution < -0.4 is 0 Å². The van der Waals surface area contributed by atoms with Crippen molar-refractivity contribution in [3.63, 3.8) is 0 Å². The summed E-state index contributed by atoms with van der Waals surface area (Å²) in [6, 6.07) is 4.12. The lowest BCUT2D eigenvalue weighted by molar-refractivity contribution is -0.132. The Morgan fingerprint density at radius 1 is 1.41 bits per heavy atom. The largest absolute Gasteiger partial charge is 0.354 e. The molecule has 0 saturated carbocycles. The highest BCUT2D eigenvalue weighted by Gasteiger charge is 2.19. The van der Waals surface area contributed by atoms with Gasteiger partial charge in [0, 0.05) is 38.4 Å². The maximum Gasteiger partial charge on any atom is 0.222 e. The second kappa shape index (κ2) is 5.39. The minimum absolute atomic E-state index is 0.318. The van der Waals surface area contributed by atoms with E-state index < -0.39 is 0 Å². The van der Waals surface area contributed by atoms with E-state index in [-0.39, 0.29) is 0 Å². The topological polar surface area (TPSA) is 25.2 Å². The van der Waals surface area contributed by atoms with Crippen LogP contribution in [0.5, 0.6) is 0 Å². The van der Waals surface area contributed by atoms with Crippen LogP contribution in [0.2, 0.25) is 0 Å². The van der Waals surface area contributed by atoms with Crippen molar-refractivity contribution in [3.05, 3.63) is 24.0 Å². The summed E-state index contributed by atoms with van der Waals surface area (Å²) >= 11 is 0. The van der Waals surface area contributed by atoms with Crippen LogP contribution in [0, 0.1) is 5.92 Å². The monoisotopic (exact) mass is 234 g/mol. The first-order chi connectivity index (χ1) is 8.16. The predicted octanol–water partition coefficient (Wildman–Crippen LogP) is 2.22. The fourth-order valence-corrected chi connectivity index (χ4v) is 2.41. The summed E-state index contributed by atoms with van der Waals surface area (Å²) in [4.78, 5) is 14.1. The zero-order chi connectivity index (χ0) is 12.3. The standard InChI is InChI=1S/C14H22N2O/c1-12-7-10-16(11-8-12)14(17)6-5-13-4-3-9-15(13)2/h3-4,9,12H,5-8,10-11H2,1-2H3. The van der Waals surface area contributed by atoms with Gasteiger partial charge in [-0.1, -0.05) is 6.92 Å². The Hall–Kier alpha value is -1.25. The molecule has 0 aromatic carbocycles. The summed E-state index contributed by atoms with van der Waals surface area (Å²) in [5, 5.41) is 0. The highest BCUT2D eigenvalue weighted by molar-refractivity contribution is 5.76. The first-order valence-electron chi connectivity index (χ1n) is 6.55. The number of carbonyl (C=O) groups is 1. The van der Waals surface area contributed by atoms with Gasteiger partial charge in [-0.15, -0.1) is 0 Å². The van der Waals surface area contributed by atoms with Crippen molar-refractivity contribution < 1.29 is 4.79 Å². The normalized spacial score (nSPS) is 17.4. The molecule has 1 aromatic heterocycles. The minimum Gasteiger partial charge on any atom is -0.354 e. The molecule has 0 aliphatic carbocycles. The van der Waals surface area contributed by atoms with Crippen LogP contribution in [0.4, 0.5) is 0 Å². The van der Waals surface area contributed by atoms with E-state index in [2.05, 4.69) is 17.6 Å². The first kappa shape index (κ1) is 12.2. The van der Waals surface area contributed by atoms with Crippen molar-refractivity contribution >= 4 is 5.91 Å². The maximum atomic E-state index is 12.0. The zero-order valence-electron chi connectivity index (χ0n) is 10.9. The number of amides is 1. The number of hydrogen-bond donors (Lipinski definition) is 0. The molecule has 1 aliphatic rings. The summed E-state index contributed by atoms with van der Waals surface area (Å²) in [6.07, 6.45) is 5.86. The number of piperidine rings is 1. The molecule has 17 heavy (non-hydrogen) atoms. The molecule has 0 radical (unpaired) electrons. The fraction of sp³-hybridized carbons (Fsp3) is 0.643. The van der Waals surface area contributed by atoms with Crippen LogP contribution in [-0.2, 0) is 18.3 Å². The molecule has 1 saturated heterocycles. The summed E-state index contributed by atoms with van der Waals surface area (Å²) in [7, 11) is 2.03. The molecule has 0 unspecified atom stereocenters. The van der Waals surface area contributed by atoms with E-state index in [1.165, 1.54) is 5.69 Å². The van der Waals surface area contributed by atoms with Crippen molar-refractivity contribution in [2.45, 2.75) is 32.6 Å². The average Bonchev–Trinajstić information content (AvgIpc) is 2.73. The van der Waals surface area contributed by atoms with Crippen LogP contribution in [0.3, 0.4) is 0 Å². The third-order valence-corrected chi connectivity index (χ3v) is 3.78. The number of nitrogens with zero attached hydrogens (tertiary/aromatic N) is 2. The molecule has 0 bridgehead atoms. The average molecular weight is 234 g/mol. The Balaban J connectivity index is 1.80. The molecule has 2 heterocycles. The van der Waals surface area contributed by atoms with Crippen molar-refractivity contribution in [1.29, 1.82) is 0 Å². The van der Waals surface area contributed by atoms with Gasteiger partial charge in [-0.25, -0.2) is 0 Å². The Morgan fingerprint density at radius 3 is 2.71 bits per heavy atom. The zero-order valence-corrected chi connectivity index (χ0v) is 10.9. The molecule has 0 atom stereocenters. The van der Waals surface area contributed by atoms with Gasteiger partial charge >= 0.3 is 0 Å². The number of rotatable bonds is 3. The summed E-state index contributed by atoms with van der Waals surface area (Å²) < 4.78 is 2.09. The Kier molecular flexibility index (Phi) is 3.87. The number of likely N-dealkylation sites (tertiary alicyclic amines) is 1. The highest BCUT2D eigenvalue weighted by atomic mass is 16.2. The quantitative estimate of drug-likeness (QED) is 0.787. The summed E-state index contributed by atoms with van der Waals surface area (Å²) in [5.74, 6) is 1.10. The van der Waals surface area contributed by atoms with Crippen molar-refractivity contribution in [2.24, 2.45) is 13.0 Å². The van der Waals surface area contributed by atoms with E-state index in [1.54, 1.807) is 0 Å². The molecule has 1 fully saturated rings. The minimum atomic E-state index is 0.318. The van der Waals surface area contributed by atoms with Crippen LogP contribution in [-0.4, -0.2) is 28.5 Å². The van der Waals surface area contributed by atoms with E-state index in [9.17, 15) is 4.79 Å². The molecule has 0 N–H and O–H groups in total. The second-order valence-corrected chi connectivity index (χ2v) is 5.17.